The molecule has 0 aliphatic rings. The van der Waals surface area contributed by atoms with Crippen molar-refractivity contribution in [1.82, 2.24) is 4.90 Å². The molecule has 0 fully saturated rings. The molecule has 1 aromatic rings. The average molecular weight is 250 g/mol. The van der Waals surface area contributed by atoms with Crippen molar-refractivity contribution in [1.29, 1.82) is 0 Å². The normalized spacial score (nSPS) is 11.2. The number of likely N-dealkylation sites (N-methyl/N-ethyl adjacent to an activating group) is 1. The molecule has 0 spiro atoms. The predicted molar refractivity (Wildman–Crippen MR) is 76.8 cm³/mol. The van der Waals surface area contributed by atoms with Crippen molar-refractivity contribution in [3.05, 3.63) is 29.8 Å². The summed E-state index contributed by atoms with van der Waals surface area (Å²) >= 11 is 0. The molecule has 1 rings (SSSR count). The van der Waals surface area contributed by atoms with Gasteiger partial charge in [0.15, 0.2) is 0 Å². The maximum absolute atomic E-state index is 5.70. The first-order valence-electron chi connectivity index (χ1n) is 6.72. The standard InChI is InChI=1S/C15H26N2O/c1-13(2)8-9-17(3)10-11-18-15-6-4-14(12-16)5-7-15/h4-7,13H,8-12,16H2,1-3H3. The number of hydrogen-bond donors (Lipinski definition) is 1. The molecule has 3 nitrogen and oxygen atoms in total. The Balaban J connectivity index is 2.20. The highest BCUT2D eigenvalue weighted by Crippen LogP contribution is 2.11. The number of rotatable bonds is 8. The number of nitrogens with zero attached hydrogens (tertiary/aromatic N) is 1. The topological polar surface area (TPSA) is 38.5 Å². The van der Waals surface area contributed by atoms with Gasteiger partial charge in [0.05, 0.1) is 0 Å². The van der Waals surface area contributed by atoms with Gasteiger partial charge < -0.3 is 15.4 Å². The fourth-order valence-corrected chi connectivity index (χ4v) is 1.63. The lowest BCUT2D eigenvalue weighted by Gasteiger charge is -2.18. The monoisotopic (exact) mass is 250 g/mol. The largest absolute Gasteiger partial charge is 0.492 e. The Bertz CT molecular complexity index is 322. The fraction of sp³-hybridized carbons (Fsp3) is 0.600. The van der Waals surface area contributed by atoms with Gasteiger partial charge in [0, 0.05) is 13.1 Å². The molecule has 0 atom stereocenters. The van der Waals surface area contributed by atoms with E-state index in [9.17, 15) is 0 Å². The lowest BCUT2D eigenvalue weighted by molar-refractivity contribution is 0.230. The van der Waals surface area contributed by atoms with Crippen molar-refractivity contribution in [2.45, 2.75) is 26.8 Å². The van der Waals surface area contributed by atoms with Crippen LogP contribution >= 0.6 is 0 Å². The molecule has 0 heterocycles. The first kappa shape index (κ1) is 15.0. The Morgan fingerprint density at radius 2 is 1.83 bits per heavy atom. The SMILES string of the molecule is CC(C)CCN(C)CCOc1ccc(CN)cc1. The Morgan fingerprint density at radius 3 is 2.39 bits per heavy atom. The summed E-state index contributed by atoms with van der Waals surface area (Å²) in [6.07, 6.45) is 1.24. The van der Waals surface area contributed by atoms with Crippen LogP contribution in [0.1, 0.15) is 25.8 Å². The Kier molecular flexibility index (Phi) is 6.76. The zero-order valence-corrected chi connectivity index (χ0v) is 11.9. The smallest absolute Gasteiger partial charge is 0.119 e. The zero-order chi connectivity index (χ0) is 13.4. The molecule has 18 heavy (non-hydrogen) atoms. The third kappa shape index (κ3) is 6.03. The quantitative estimate of drug-likeness (QED) is 0.770. The molecule has 0 aliphatic carbocycles. The summed E-state index contributed by atoms with van der Waals surface area (Å²) in [6, 6.07) is 7.99. The summed E-state index contributed by atoms with van der Waals surface area (Å²) in [4.78, 5) is 2.31. The second-order valence-electron chi connectivity index (χ2n) is 5.18. The van der Waals surface area contributed by atoms with Gasteiger partial charge in [-0.2, -0.15) is 0 Å². The average Bonchev–Trinajstić information content (AvgIpc) is 2.37. The van der Waals surface area contributed by atoms with Crippen LogP contribution in [0.15, 0.2) is 24.3 Å². The molecule has 0 unspecified atom stereocenters. The number of nitrogens with two attached hydrogens (primary N) is 1. The fourth-order valence-electron chi connectivity index (χ4n) is 1.63. The molecule has 0 saturated carbocycles. The van der Waals surface area contributed by atoms with E-state index < -0.39 is 0 Å². The summed E-state index contributed by atoms with van der Waals surface area (Å²) in [5.41, 5.74) is 6.69. The van der Waals surface area contributed by atoms with E-state index in [1.165, 1.54) is 6.42 Å². The van der Waals surface area contributed by atoms with Crippen molar-refractivity contribution in [3.8, 4) is 5.75 Å². The second kappa shape index (κ2) is 8.11. The Hall–Kier alpha value is -1.06. The maximum Gasteiger partial charge on any atom is 0.119 e. The highest BCUT2D eigenvalue weighted by Gasteiger charge is 2.01. The molecule has 2 N–H and O–H groups in total. The van der Waals surface area contributed by atoms with E-state index >= 15 is 0 Å². The number of ether oxygens (including phenoxy) is 1. The highest BCUT2D eigenvalue weighted by atomic mass is 16.5. The molecule has 0 radical (unpaired) electrons. The molecule has 3 heteroatoms. The zero-order valence-electron chi connectivity index (χ0n) is 11.9. The van der Waals surface area contributed by atoms with Gasteiger partial charge in [0.1, 0.15) is 12.4 Å². The minimum Gasteiger partial charge on any atom is -0.492 e. The van der Waals surface area contributed by atoms with Crippen LogP contribution in [0.4, 0.5) is 0 Å². The number of benzene rings is 1. The lowest BCUT2D eigenvalue weighted by atomic mass is 10.1. The maximum atomic E-state index is 5.70. The van der Waals surface area contributed by atoms with Crippen molar-refractivity contribution in [2.24, 2.45) is 11.7 Å². The molecule has 0 bridgehead atoms. The molecule has 0 aliphatic heterocycles. The summed E-state index contributed by atoms with van der Waals surface area (Å²) < 4.78 is 5.70. The molecule has 0 amide bonds. The van der Waals surface area contributed by atoms with Gasteiger partial charge in [-0.1, -0.05) is 26.0 Å². The first-order valence-corrected chi connectivity index (χ1v) is 6.72. The van der Waals surface area contributed by atoms with Gasteiger partial charge in [-0.25, -0.2) is 0 Å². The van der Waals surface area contributed by atoms with E-state index in [-0.39, 0.29) is 0 Å². The summed E-state index contributed by atoms with van der Waals surface area (Å²) in [5.74, 6) is 1.68. The van der Waals surface area contributed by atoms with E-state index in [4.69, 9.17) is 10.5 Å². The van der Waals surface area contributed by atoms with Crippen LogP contribution < -0.4 is 10.5 Å². The predicted octanol–water partition coefficient (Wildman–Crippen LogP) is 2.50. The van der Waals surface area contributed by atoms with E-state index in [2.05, 4.69) is 25.8 Å². The summed E-state index contributed by atoms with van der Waals surface area (Å²) in [7, 11) is 2.14. The van der Waals surface area contributed by atoms with Crippen LogP contribution in [0.3, 0.4) is 0 Å². The Labute approximate surface area is 111 Å². The van der Waals surface area contributed by atoms with Gasteiger partial charge in [-0.3, -0.25) is 0 Å². The number of hydrogen-bond acceptors (Lipinski definition) is 3. The van der Waals surface area contributed by atoms with Crippen molar-refractivity contribution in [2.75, 3.05) is 26.7 Å². The van der Waals surface area contributed by atoms with Crippen LogP contribution in [0.2, 0.25) is 0 Å². The summed E-state index contributed by atoms with van der Waals surface area (Å²) in [5, 5.41) is 0. The lowest BCUT2D eigenvalue weighted by Crippen LogP contribution is -2.26. The van der Waals surface area contributed by atoms with Crippen molar-refractivity contribution < 1.29 is 4.74 Å². The van der Waals surface area contributed by atoms with Gasteiger partial charge >= 0.3 is 0 Å². The van der Waals surface area contributed by atoms with Gasteiger partial charge in [-0.05, 0) is 43.6 Å². The second-order valence-corrected chi connectivity index (χ2v) is 5.18. The summed E-state index contributed by atoms with van der Waals surface area (Å²) in [6.45, 7) is 7.92. The minimum atomic E-state index is 0.582. The minimum absolute atomic E-state index is 0.582. The van der Waals surface area contributed by atoms with Crippen molar-refractivity contribution in [3.63, 3.8) is 0 Å². The van der Waals surface area contributed by atoms with Gasteiger partial charge in [0.2, 0.25) is 0 Å². The van der Waals surface area contributed by atoms with Gasteiger partial charge in [-0.15, -0.1) is 0 Å². The van der Waals surface area contributed by atoms with Crippen molar-refractivity contribution >= 4 is 0 Å². The molecular weight excluding hydrogens is 224 g/mol. The Morgan fingerprint density at radius 1 is 1.17 bits per heavy atom. The molecule has 102 valence electrons. The van der Waals surface area contributed by atoms with Crippen LogP contribution in [-0.4, -0.2) is 31.6 Å². The molecule has 1 aromatic carbocycles. The third-order valence-electron chi connectivity index (χ3n) is 2.99. The van der Waals surface area contributed by atoms with Crippen LogP contribution in [0, 0.1) is 5.92 Å². The third-order valence-corrected chi connectivity index (χ3v) is 2.99. The van der Waals surface area contributed by atoms with E-state index in [0.717, 1.165) is 36.9 Å². The molecular formula is C15H26N2O. The van der Waals surface area contributed by atoms with E-state index in [1.807, 2.05) is 24.3 Å². The molecule has 0 aromatic heterocycles. The van der Waals surface area contributed by atoms with Gasteiger partial charge in [0.25, 0.3) is 0 Å². The van der Waals surface area contributed by atoms with Crippen LogP contribution in [-0.2, 0) is 6.54 Å². The van der Waals surface area contributed by atoms with E-state index in [1.54, 1.807) is 0 Å². The molecule has 0 saturated heterocycles. The van der Waals surface area contributed by atoms with Crippen LogP contribution in [0.5, 0.6) is 5.75 Å². The van der Waals surface area contributed by atoms with E-state index in [0.29, 0.717) is 6.54 Å². The highest BCUT2D eigenvalue weighted by molar-refractivity contribution is 5.27. The van der Waals surface area contributed by atoms with Crippen LogP contribution in [0.25, 0.3) is 0 Å². The first-order chi connectivity index (χ1) is 8.61.